The fraction of sp³-hybridized carbons (Fsp3) is 0.267. The normalized spacial score (nSPS) is 11.0. The summed E-state index contributed by atoms with van der Waals surface area (Å²) in [5.41, 5.74) is 1.04. The Morgan fingerprint density at radius 2 is 2.06 bits per heavy atom. The van der Waals surface area contributed by atoms with E-state index in [1.807, 2.05) is 36.4 Å². The lowest BCUT2D eigenvalue weighted by molar-refractivity contribution is -0.133. The van der Waals surface area contributed by atoms with Gasteiger partial charge in [0.05, 0.1) is 0 Å². The summed E-state index contributed by atoms with van der Waals surface area (Å²) in [7, 11) is 0. The predicted octanol–water partition coefficient (Wildman–Crippen LogP) is 3.95. The first kappa shape index (κ1) is 13.2. The van der Waals surface area contributed by atoms with Gasteiger partial charge < -0.3 is 4.74 Å². The largest absolute Gasteiger partial charge is 0.428 e. The predicted molar refractivity (Wildman–Crippen MR) is 70.2 cm³/mol. The molecule has 0 aromatic heterocycles. The van der Waals surface area contributed by atoms with Gasteiger partial charge in [-0.2, -0.15) is 0 Å². The summed E-state index contributed by atoms with van der Waals surface area (Å²) in [6.45, 7) is 5.51. The summed E-state index contributed by atoms with van der Waals surface area (Å²) in [4.78, 5) is 11.2. The average molecular weight is 230 g/mol. The Morgan fingerprint density at radius 3 is 2.65 bits per heavy atom. The zero-order valence-electron chi connectivity index (χ0n) is 10.2. The Morgan fingerprint density at radius 1 is 1.35 bits per heavy atom. The molecular formula is C15H18O2. The molecule has 0 saturated carbocycles. The quantitative estimate of drug-likeness (QED) is 0.420. The molecular weight excluding hydrogens is 212 g/mol. The van der Waals surface area contributed by atoms with Gasteiger partial charge in [0.2, 0.25) is 0 Å². The number of esters is 1. The molecule has 0 radical (unpaired) electrons. The number of rotatable bonds is 6. The maximum Gasteiger partial charge on any atom is 0.335 e. The summed E-state index contributed by atoms with van der Waals surface area (Å²) in [5.74, 6) is 0.297. The Balaban J connectivity index is 2.77. The van der Waals surface area contributed by atoms with Crippen molar-refractivity contribution in [1.82, 2.24) is 0 Å². The molecule has 0 amide bonds. The topological polar surface area (TPSA) is 26.3 Å². The standard InChI is InChI=1S/C15H18O2/c1-3-5-11-14(17-15(16)4-2)12-13-9-7-6-8-10-13/h4,6-10,12H,2-3,5,11H2,1H3. The first-order valence-electron chi connectivity index (χ1n) is 5.86. The molecule has 90 valence electrons. The third-order valence-electron chi connectivity index (χ3n) is 2.30. The van der Waals surface area contributed by atoms with Gasteiger partial charge in [-0.3, -0.25) is 0 Å². The van der Waals surface area contributed by atoms with Crippen molar-refractivity contribution in [3.05, 3.63) is 54.3 Å². The van der Waals surface area contributed by atoms with E-state index in [1.165, 1.54) is 6.08 Å². The molecule has 0 aliphatic carbocycles. The molecule has 17 heavy (non-hydrogen) atoms. The van der Waals surface area contributed by atoms with Crippen molar-refractivity contribution in [2.75, 3.05) is 0 Å². The minimum absolute atomic E-state index is 0.400. The van der Waals surface area contributed by atoms with E-state index in [2.05, 4.69) is 13.5 Å². The second-order valence-electron chi connectivity index (χ2n) is 3.75. The lowest BCUT2D eigenvalue weighted by Crippen LogP contribution is -2.00. The highest BCUT2D eigenvalue weighted by Crippen LogP contribution is 2.14. The molecule has 0 saturated heterocycles. The van der Waals surface area contributed by atoms with Crippen LogP contribution < -0.4 is 0 Å². The number of carbonyl (C=O) groups excluding carboxylic acids is 1. The van der Waals surface area contributed by atoms with Crippen LogP contribution in [-0.2, 0) is 9.53 Å². The number of unbranched alkanes of at least 4 members (excludes halogenated alkanes) is 1. The summed E-state index contributed by atoms with van der Waals surface area (Å²) >= 11 is 0. The van der Waals surface area contributed by atoms with Crippen LogP contribution in [0.25, 0.3) is 6.08 Å². The molecule has 0 bridgehead atoms. The number of hydrogen-bond acceptors (Lipinski definition) is 2. The molecule has 2 nitrogen and oxygen atoms in total. The molecule has 0 spiro atoms. The van der Waals surface area contributed by atoms with E-state index < -0.39 is 5.97 Å². The van der Waals surface area contributed by atoms with Gasteiger partial charge >= 0.3 is 5.97 Å². The first-order valence-corrected chi connectivity index (χ1v) is 5.86. The Labute approximate surface area is 103 Å². The van der Waals surface area contributed by atoms with Crippen molar-refractivity contribution in [3.63, 3.8) is 0 Å². The Hall–Kier alpha value is -1.83. The molecule has 1 aromatic rings. The zero-order valence-corrected chi connectivity index (χ0v) is 10.2. The third kappa shape index (κ3) is 5.16. The van der Waals surface area contributed by atoms with Crippen molar-refractivity contribution >= 4 is 12.0 Å². The minimum atomic E-state index is -0.400. The minimum Gasteiger partial charge on any atom is -0.428 e. The van der Waals surface area contributed by atoms with E-state index in [-0.39, 0.29) is 0 Å². The van der Waals surface area contributed by atoms with Crippen molar-refractivity contribution in [3.8, 4) is 0 Å². The molecule has 0 N–H and O–H groups in total. The lowest BCUT2D eigenvalue weighted by atomic mass is 10.1. The monoisotopic (exact) mass is 230 g/mol. The maximum atomic E-state index is 11.2. The van der Waals surface area contributed by atoms with Gasteiger partial charge in [0.25, 0.3) is 0 Å². The van der Waals surface area contributed by atoms with Crippen molar-refractivity contribution in [1.29, 1.82) is 0 Å². The number of carbonyl (C=O) groups is 1. The van der Waals surface area contributed by atoms with Crippen molar-refractivity contribution in [2.24, 2.45) is 0 Å². The van der Waals surface area contributed by atoms with E-state index in [0.717, 1.165) is 24.8 Å². The van der Waals surface area contributed by atoms with Gasteiger partial charge in [-0.1, -0.05) is 50.3 Å². The molecule has 0 unspecified atom stereocenters. The zero-order chi connectivity index (χ0) is 12.5. The number of allylic oxidation sites excluding steroid dienone is 1. The van der Waals surface area contributed by atoms with Crippen LogP contribution in [0.4, 0.5) is 0 Å². The molecule has 0 fully saturated rings. The van der Waals surface area contributed by atoms with Crippen molar-refractivity contribution in [2.45, 2.75) is 26.2 Å². The molecule has 1 rings (SSSR count). The van der Waals surface area contributed by atoms with E-state index in [1.54, 1.807) is 0 Å². The van der Waals surface area contributed by atoms with Crippen LogP contribution in [0.1, 0.15) is 31.7 Å². The molecule has 2 heteroatoms. The second kappa shape index (κ2) is 7.44. The highest BCUT2D eigenvalue weighted by molar-refractivity contribution is 5.82. The highest BCUT2D eigenvalue weighted by atomic mass is 16.5. The summed E-state index contributed by atoms with van der Waals surface area (Å²) < 4.78 is 5.21. The van der Waals surface area contributed by atoms with Gasteiger partial charge in [-0.15, -0.1) is 0 Å². The SMILES string of the molecule is C=CC(=O)OC(=Cc1ccccc1)CCCC. The van der Waals surface area contributed by atoms with Gasteiger partial charge in [0, 0.05) is 12.5 Å². The molecule has 0 atom stereocenters. The van der Waals surface area contributed by atoms with Gasteiger partial charge in [-0.05, 0) is 18.1 Å². The van der Waals surface area contributed by atoms with Gasteiger partial charge in [0.15, 0.2) is 0 Å². The Kier molecular flexibility index (Phi) is 5.80. The van der Waals surface area contributed by atoms with E-state index in [0.29, 0.717) is 5.76 Å². The van der Waals surface area contributed by atoms with Crippen molar-refractivity contribution < 1.29 is 9.53 Å². The third-order valence-corrected chi connectivity index (χ3v) is 2.30. The maximum absolute atomic E-state index is 11.2. The molecule has 1 aromatic carbocycles. The number of hydrogen-bond donors (Lipinski definition) is 0. The van der Waals surface area contributed by atoms with Crippen LogP contribution in [0.15, 0.2) is 48.7 Å². The molecule has 0 aliphatic heterocycles. The summed E-state index contributed by atoms with van der Waals surface area (Å²) in [6.07, 6.45) is 5.92. The first-order chi connectivity index (χ1) is 8.26. The van der Waals surface area contributed by atoms with Crippen LogP contribution in [0.5, 0.6) is 0 Å². The van der Waals surface area contributed by atoms with E-state index in [9.17, 15) is 4.79 Å². The average Bonchev–Trinajstić information content (AvgIpc) is 2.37. The van der Waals surface area contributed by atoms with Crippen LogP contribution in [-0.4, -0.2) is 5.97 Å². The van der Waals surface area contributed by atoms with Gasteiger partial charge in [-0.25, -0.2) is 4.79 Å². The second-order valence-corrected chi connectivity index (χ2v) is 3.75. The van der Waals surface area contributed by atoms with Crippen LogP contribution in [0.3, 0.4) is 0 Å². The van der Waals surface area contributed by atoms with Crippen LogP contribution in [0, 0.1) is 0 Å². The Bertz CT molecular complexity index is 391. The van der Waals surface area contributed by atoms with Gasteiger partial charge in [0.1, 0.15) is 5.76 Å². The highest BCUT2D eigenvalue weighted by Gasteiger charge is 2.03. The van der Waals surface area contributed by atoms with E-state index >= 15 is 0 Å². The number of benzene rings is 1. The fourth-order valence-electron chi connectivity index (χ4n) is 1.41. The van der Waals surface area contributed by atoms with Crippen LogP contribution in [0.2, 0.25) is 0 Å². The smallest absolute Gasteiger partial charge is 0.335 e. The lowest BCUT2D eigenvalue weighted by Gasteiger charge is -2.06. The number of ether oxygens (including phenoxy) is 1. The molecule has 0 heterocycles. The summed E-state index contributed by atoms with van der Waals surface area (Å²) in [5, 5.41) is 0. The molecule has 0 aliphatic rings. The fourth-order valence-corrected chi connectivity index (χ4v) is 1.41. The van der Waals surface area contributed by atoms with Crippen LogP contribution >= 0.6 is 0 Å². The summed E-state index contributed by atoms with van der Waals surface area (Å²) in [6, 6.07) is 9.83. The van der Waals surface area contributed by atoms with E-state index in [4.69, 9.17) is 4.74 Å².